The lowest BCUT2D eigenvalue weighted by molar-refractivity contribution is 0.298. The van der Waals surface area contributed by atoms with Gasteiger partial charge in [0, 0.05) is 19.2 Å². The molecule has 6 nitrogen and oxygen atoms in total. The van der Waals surface area contributed by atoms with Gasteiger partial charge in [-0.2, -0.15) is 0 Å². The van der Waals surface area contributed by atoms with Gasteiger partial charge in [-0.25, -0.2) is 8.42 Å². The summed E-state index contributed by atoms with van der Waals surface area (Å²) in [6, 6.07) is 0. The Hall–Kier alpha value is -0.950. The number of aryl methyl sites for hydroxylation is 1. The summed E-state index contributed by atoms with van der Waals surface area (Å²) >= 11 is 0. The largest absolute Gasteiger partial charge is 0.396 e. The molecule has 0 saturated heterocycles. The maximum absolute atomic E-state index is 11.5. The molecule has 0 aromatic carbocycles. The van der Waals surface area contributed by atoms with Crippen LogP contribution in [0.4, 0.5) is 0 Å². The summed E-state index contributed by atoms with van der Waals surface area (Å²) < 4.78 is 24.6. The number of rotatable bonds is 6. The number of hydrogen-bond donors (Lipinski definition) is 1. The molecule has 0 amide bonds. The molecule has 1 N–H and O–H groups in total. The number of sulfone groups is 1. The third-order valence-electron chi connectivity index (χ3n) is 2.28. The van der Waals surface area contributed by atoms with Crippen LogP contribution in [-0.4, -0.2) is 46.1 Å². The fraction of sp³-hybridized carbons (Fsp3) is 0.778. The second kappa shape index (κ2) is 5.40. The average molecular weight is 247 g/mol. The van der Waals surface area contributed by atoms with E-state index in [9.17, 15) is 8.42 Å². The molecular formula is C9H17N3O3S. The van der Waals surface area contributed by atoms with E-state index in [1.54, 1.807) is 20.0 Å². The predicted molar refractivity (Wildman–Crippen MR) is 59.7 cm³/mol. The quantitative estimate of drug-likeness (QED) is 0.741. The number of aliphatic hydroxyl groups excluding tert-OH is 1. The van der Waals surface area contributed by atoms with Crippen LogP contribution in [0.5, 0.6) is 0 Å². The fourth-order valence-corrected chi connectivity index (χ4v) is 2.05. The van der Waals surface area contributed by atoms with E-state index in [0.29, 0.717) is 18.7 Å². The van der Waals surface area contributed by atoms with Crippen molar-refractivity contribution in [2.75, 3.05) is 12.4 Å². The van der Waals surface area contributed by atoms with Gasteiger partial charge in [0.2, 0.25) is 0 Å². The highest BCUT2D eigenvalue weighted by Crippen LogP contribution is 2.02. The first-order valence-electron chi connectivity index (χ1n) is 5.17. The molecule has 1 heterocycles. The Morgan fingerprint density at radius 2 is 2.19 bits per heavy atom. The van der Waals surface area contributed by atoms with Gasteiger partial charge in [-0.05, 0) is 13.8 Å². The highest BCUT2D eigenvalue weighted by atomic mass is 32.2. The number of hydrogen-bond acceptors (Lipinski definition) is 5. The lowest BCUT2D eigenvalue weighted by Crippen LogP contribution is -2.21. The van der Waals surface area contributed by atoms with Crippen LogP contribution < -0.4 is 0 Å². The Bertz CT molecular complexity index is 425. The summed E-state index contributed by atoms with van der Waals surface area (Å²) in [5.41, 5.74) is 0.671. The second-order valence-corrected chi connectivity index (χ2v) is 6.54. The monoisotopic (exact) mass is 247 g/mol. The highest BCUT2D eigenvalue weighted by molar-refractivity contribution is 7.91. The van der Waals surface area contributed by atoms with Crippen LogP contribution in [0.1, 0.15) is 19.5 Å². The first-order valence-corrected chi connectivity index (χ1v) is 6.88. The van der Waals surface area contributed by atoms with Gasteiger partial charge in [0.25, 0.3) is 0 Å². The second-order valence-electron chi connectivity index (χ2n) is 3.86. The van der Waals surface area contributed by atoms with Gasteiger partial charge >= 0.3 is 0 Å². The molecule has 0 atom stereocenters. The van der Waals surface area contributed by atoms with Crippen molar-refractivity contribution in [2.24, 2.45) is 0 Å². The van der Waals surface area contributed by atoms with E-state index >= 15 is 0 Å². The van der Waals surface area contributed by atoms with Gasteiger partial charge in [0.15, 0.2) is 9.84 Å². The molecule has 0 aliphatic rings. The summed E-state index contributed by atoms with van der Waals surface area (Å²) in [4.78, 5) is 0. The third kappa shape index (κ3) is 3.57. The Kier molecular flexibility index (Phi) is 4.43. The molecule has 0 unspecified atom stereocenters. The van der Waals surface area contributed by atoms with E-state index < -0.39 is 9.84 Å². The molecule has 1 aromatic rings. The molecule has 0 radical (unpaired) electrons. The number of aliphatic hydroxyl groups is 1. The smallest absolute Gasteiger partial charge is 0.154 e. The van der Waals surface area contributed by atoms with Gasteiger partial charge in [-0.15, -0.1) is 5.10 Å². The van der Waals surface area contributed by atoms with E-state index in [4.69, 9.17) is 5.11 Å². The summed E-state index contributed by atoms with van der Waals surface area (Å²) in [5.74, 6) is 0.0621. The summed E-state index contributed by atoms with van der Waals surface area (Å²) in [6.07, 6.45) is 2.10. The van der Waals surface area contributed by atoms with E-state index in [1.165, 1.54) is 4.68 Å². The number of aromatic nitrogens is 3. The van der Waals surface area contributed by atoms with Crippen LogP contribution in [0.2, 0.25) is 0 Å². The van der Waals surface area contributed by atoms with Crippen molar-refractivity contribution in [1.82, 2.24) is 15.0 Å². The lowest BCUT2D eigenvalue weighted by Gasteiger charge is -2.06. The first-order chi connectivity index (χ1) is 7.45. The lowest BCUT2D eigenvalue weighted by atomic mass is 10.3. The molecule has 16 heavy (non-hydrogen) atoms. The molecule has 0 fully saturated rings. The zero-order valence-electron chi connectivity index (χ0n) is 9.50. The topological polar surface area (TPSA) is 85.1 Å². The van der Waals surface area contributed by atoms with Crippen molar-refractivity contribution in [3.63, 3.8) is 0 Å². The predicted octanol–water partition coefficient (Wildman–Crippen LogP) is -0.364. The van der Waals surface area contributed by atoms with Gasteiger partial charge in [0.1, 0.15) is 0 Å². The molecule has 0 aliphatic heterocycles. The molecule has 0 saturated carbocycles. The van der Waals surface area contributed by atoms with Crippen molar-refractivity contribution in [1.29, 1.82) is 0 Å². The Morgan fingerprint density at radius 3 is 2.75 bits per heavy atom. The van der Waals surface area contributed by atoms with Gasteiger partial charge in [-0.3, -0.25) is 4.68 Å². The number of nitrogens with zero attached hydrogens (tertiary/aromatic N) is 3. The highest BCUT2D eigenvalue weighted by Gasteiger charge is 2.16. The Morgan fingerprint density at radius 1 is 1.50 bits per heavy atom. The summed E-state index contributed by atoms with van der Waals surface area (Å²) in [7, 11) is -3.04. The minimum atomic E-state index is -3.04. The standard InChI is InChI=1S/C9H17N3O3S/c1-8(2)16(14,15)6-4-12-7-9(3-5-13)10-11-12/h7-8,13H,3-6H2,1-2H3. The van der Waals surface area contributed by atoms with Gasteiger partial charge in [-0.1, -0.05) is 5.21 Å². The fourth-order valence-electron chi connectivity index (χ4n) is 1.13. The van der Waals surface area contributed by atoms with Crippen LogP contribution >= 0.6 is 0 Å². The summed E-state index contributed by atoms with van der Waals surface area (Å²) in [5, 5.41) is 15.9. The third-order valence-corrected chi connectivity index (χ3v) is 4.47. The average Bonchev–Trinajstić information content (AvgIpc) is 2.63. The molecule has 92 valence electrons. The molecule has 7 heteroatoms. The minimum Gasteiger partial charge on any atom is -0.396 e. The van der Waals surface area contributed by atoms with Crippen molar-refractivity contribution >= 4 is 9.84 Å². The van der Waals surface area contributed by atoms with Crippen LogP contribution in [0, 0.1) is 0 Å². The van der Waals surface area contributed by atoms with E-state index in [0.717, 1.165) is 0 Å². The van der Waals surface area contributed by atoms with Crippen LogP contribution in [0.15, 0.2) is 6.20 Å². The van der Waals surface area contributed by atoms with Crippen LogP contribution in [0.3, 0.4) is 0 Å². The molecule has 0 bridgehead atoms. The minimum absolute atomic E-state index is 0.0169. The molecule has 0 spiro atoms. The van der Waals surface area contributed by atoms with Gasteiger partial charge < -0.3 is 5.11 Å². The maximum atomic E-state index is 11.5. The van der Waals surface area contributed by atoms with E-state index in [2.05, 4.69) is 10.3 Å². The van der Waals surface area contributed by atoms with Crippen molar-refractivity contribution in [2.45, 2.75) is 32.1 Å². The summed E-state index contributed by atoms with van der Waals surface area (Å²) in [6.45, 7) is 3.64. The molecular weight excluding hydrogens is 230 g/mol. The van der Waals surface area contributed by atoms with Crippen LogP contribution in [-0.2, 0) is 22.8 Å². The van der Waals surface area contributed by atoms with Crippen molar-refractivity contribution in [3.8, 4) is 0 Å². The van der Waals surface area contributed by atoms with E-state index in [1.807, 2.05) is 0 Å². The Labute approximate surface area is 95.2 Å². The zero-order chi connectivity index (χ0) is 12.2. The molecule has 0 aliphatic carbocycles. The van der Waals surface area contributed by atoms with Crippen molar-refractivity contribution in [3.05, 3.63) is 11.9 Å². The van der Waals surface area contributed by atoms with Crippen LogP contribution in [0.25, 0.3) is 0 Å². The normalized spacial score (nSPS) is 12.2. The van der Waals surface area contributed by atoms with Crippen molar-refractivity contribution < 1.29 is 13.5 Å². The zero-order valence-corrected chi connectivity index (χ0v) is 10.3. The first kappa shape index (κ1) is 13.1. The SMILES string of the molecule is CC(C)S(=O)(=O)CCn1cc(CCO)nn1. The molecule has 1 aromatic heterocycles. The molecule has 1 rings (SSSR count). The Balaban J connectivity index is 2.55. The van der Waals surface area contributed by atoms with Gasteiger partial charge in [0.05, 0.1) is 23.2 Å². The van der Waals surface area contributed by atoms with E-state index in [-0.39, 0.29) is 17.6 Å². The maximum Gasteiger partial charge on any atom is 0.154 e.